The first-order chi connectivity index (χ1) is 8.05. The predicted molar refractivity (Wildman–Crippen MR) is 63.3 cm³/mol. The summed E-state index contributed by atoms with van der Waals surface area (Å²) in [4.78, 5) is 15.6. The lowest BCUT2D eigenvalue weighted by Gasteiger charge is -2.05. The minimum Gasteiger partial charge on any atom is -0.369 e. The van der Waals surface area contributed by atoms with Crippen molar-refractivity contribution in [1.29, 1.82) is 0 Å². The Labute approximate surface area is 105 Å². The number of rotatable bonds is 2. The van der Waals surface area contributed by atoms with Gasteiger partial charge in [-0.25, -0.2) is 9.37 Å². The van der Waals surface area contributed by atoms with E-state index in [0.29, 0.717) is 11.3 Å². The normalized spacial score (nSPS) is 27.3. The van der Waals surface area contributed by atoms with Crippen LogP contribution in [0.5, 0.6) is 0 Å². The molecule has 2 N–H and O–H groups in total. The Morgan fingerprint density at radius 3 is 2.88 bits per heavy atom. The summed E-state index contributed by atoms with van der Waals surface area (Å²) in [6.07, 6.45) is 0.567. The highest BCUT2D eigenvalue weighted by Crippen LogP contribution is 2.50. The van der Waals surface area contributed by atoms with Gasteiger partial charge in [-0.05, 0) is 28.1 Å². The van der Waals surface area contributed by atoms with Crippen molar-refractivity contribution in [3.63, 3.8) is 0 Å². The van der Waals surface area contributed by atoms with Crippen LogP contribution >= 0.6 is 15.9 Å². The number of primary amides is 1. The van der Waals surface area contributed by atoms with Crippen molar-refractivity contribution in [2.24, 2.45) is 5.73 Å². The highest BCUT2D eigenvalue weighted by molar-refractivity contribution is 9.10. The Morgan fingerprint density at radius 1 is 1.65 bits per heavy atom. The number of carbonyl (C=O) groups excluding carboxylic acids is 1. The zero-order valence-electron chi connectivity index (χ0n) is 8.73. The zero-order chi connectivity index (χ0) is 12.2. The van der Waals surface area contributed by atoms with Gasteiger partial charge in [0.2, 0.25) is 5.91 Å². The van der Waals surface area contributed by atoms with Gasteiger partial charge in [0.1, 0.15) is 17.2 Å². The second-order valence-corrected chi connectivity index (χ2v) is 5.02. The molecule has 2 aromatic heterocycles. The Kier molecular flexibility index (Phi) is 2.07. The van der Waals surface area contributed by atoms with Crippen molar-refractivity contribution >= 4 is 27.5 Å². The molecule has 0 radical (unpaired) electrons. The molecule has 17 heavy (non-hydrogen) atoms. The van der Waals surface area contributed by atoms with Gasteiger partial charge >= 0.3 is 0 Å². The average molecular weight is 298 g/mol. The molecule has 0 spiro atoms. The van der Waals surface area contributed by atoms with Crippen LogP contribution < -0.4 is 5.73 Å². The third-order valence-electron chi connectivity index (χ3n) is 3.21. The van der Waals surface area contributed by atoms with E-state index in [9.17, 15) is 9.18 Å². The number of nitrogens with zero attached hydrogens (tertiary/aromatic N) is 2. The lowest BCUT2D eigenvalue weighted by molar-refractivity contribution is -0.120. The van der Waals surface area contributed by atoms with Gasteiger partial charge in [-0.2, -0.15) is 0 Å². The van der Waals surface area contributed by atoms with Gasteiger partial charge < -0.3 is 5.73 Å². The smallest absolute Gasteiger partial charge is 0.232 e. The van der Waals surface area contributed by atoms with Gasteiger partial charge in [0, 0.05) is 12.6 Å². The molecule has 2 aromatic rings. The molecular weight excluding hydrogens is 289 g/mol. The van der Waals surface area contributed by atoms with Crippen LogP contribution in [0.3, 0.4) is 0 Å². The fraction of sp³-hybridized carbons (Fsp3) is 0.273. The van der Waals surface area contributed by atoms with E-state index in [0.717, 1.165) is 4.60 Å². The van der Waals surface area contributed by atoms with Gasteiger partial charge in [-0.3, -0.25) is 9.20 Å². The summed E-state index contributed by atoms with van der Waals surface area (Å²) in [5.74, 6) is -0.649. The molecule has 2 unspecified atom stereocenters. The number of imidazole rings is 1. The molecule has 1 fully saturated rings. The predicted octanol–water partition coefficient (Wildman–Crippen LogP) is 1.56. The molecule has 2 heterocycles. The van der Waals surface area contributed by atoms with Crippen molar-refractivity contribution in [3.05, 3.63) is 34.7 Å². The van der Waals surface area contributed by atoms with Crippen LogP contribution in [0, 0.1) is 0 Å². The van der Waals surface area contributed by atoms with Gasteiger partial charge in [-0.1, -0.05) is 6.07 Å². The van der Waals surface area contributed by atoms with Crippen LogP contribution in [0.4, 0.5) is 4.39 Å². The summed E-state index contributed by atoms with van der Waals surface area (Å²) in [6, 6.07) is 5.46. The minimum atomic E-state index is -1.22. The fourth-order valence-corrected chi connectivity index (χ4v) is 2.50. The molecule has 6 heteroatoms. The van der Waals surface area contributed by atoms with Crippen LogP contribution in [0.25, 0.3) is 5.65 Å². The second-order valence-electron chi connectivity index (χ2n) is 4.21. The molecule has 0 bridgehead atoms. The summed E-state index contributed by atoms with van der Waals surface area (Å²) < 4.78 is 16.0. The molecule has 1 amide bonds. The molecule has 1 saturated carbocycles. The first-order valence-corrected chi connectivity index (χ1v) is 5.93. The molecule has 0 saturated heterocycles. The maximum absolute atomic E-state index is 13.4. The Morgan fingerprint density at radius 2 is 2.35 bits per heavy atom. The number of hydrogen-bond donors (Lipinski definition) is 1. The van der Waals surface area contributed by atoms with Crippen molar-refractivity contribution in [2.45, 2.75) is 18.0 Å². The summed E-state index contributed by atoms with van der Waals surface area (Å²) in [5.41, 5.74) is 5.13. The van der Waals surface area contributed by atoms with Gasteiger partial charge in [0.25, 0.3) is 0 Å². The number of alkyl halides is 1. The van der Waals surface area contributed by atoms with Crippen molar-refractivity contribution in [3.8, 4) is 0 Å². The van der Waals surface area contributed by atoms with Crippen LogP contribution in [-0.4, -0.2) is 21.5 Å². The number of amides is 1. The third kappa shape index (κ3) is 1.33. The van der Waals surface area contributed by atoms with E-state index in [1.807, 2.05) is 12.1 Å². The van der Waals surface area contributed by atoms with E-state index in [2.05, 4.69) is 20.9 Å². The van der Waals surface area contributed by atoms with E-state index in [4.69, 9.17) is 5.73 Å². The second kappa shape index (κ2) is 3.29. The third-order valence-corrected chi connectivity index (χ3v) is 3.86. The highest BCUT2D eigenvalue weighted by Gasteiger charge is 2.63. The number of pyridine rings is 1. The van der Waals surface area contributed by atoms with E-state index in [1.165, 1.54) is 0 Å². The SMILES string of the molecule is NC(=O)C1(c2cn3c(Br)cccc3n2)CC1F. The number of halogens is 2. The quantitative estimate of drug-likeness (QED) is 0.855. The fourth-order valence-electron chi connectivity index (χ4n) is 2.06. The molecule has 3 rings (SSSR count). The summed E-state index contributed by atoms with van der Waals surface area (Å²) in [6.45, 7) is 0. The van der Waals surface area contributed by atoms with Gasteiger partial charge in [-0.15, -0.1) is 0 Å². The molecule has 0 aromatic carbocycles. The van der Waals surface area contributed by atoms with E-state index >= 15 is 0 Å². The number of nitrogens with two attached hydrogens (primary N) is 1. The van der Waals surface area contributed by atoms with E-state index in [-0.39, 0.29) is 6.42 Å². The summed E-state index contributed by atoms with van der Waals surface area (Å²) in [5, 5.41) is 0. The number of carbonyl (C=O) groups is 1. The first kappa shape index (κ1) is 10.7. The van der Waals surface area contributed by atoms with Crippen molar-refractivity contribution in [2.75, 3.05) is 0 Å². The van der Waals surface area contributed by atoms with Gasteiger partial charge in [0.05, 0.1) is 10.3 Å². The molecule has 1 aliphatic carbocycles. The monoisotopic (exact) mass is 297 g/mol. The Bertz CT molecular complexity index is 626. The average Bonchev–Trinajstić information content (AvgIpc) is 2.77. The van der Waals surface area contributed by atoms with Gasteiger partial charge in [0.15, 0.2) is 0 Å². The summed E-state index contributed by atoms with van der Waals surface area (Å²) >= 11 is 3.36. The van der Waals surface area contributed by atoms with Crippen LogP contribution in [-0.2, 0) is 10.2 Å². The topological polar surface area (TPSA) is 60.4 Å². The molecule has 88 valence electrons. The zero-order valence-corrected chi connectivity index (χ0v) is 10.3. The van der Waals surface area contributed by atoms with E-state index in [1.54, 1.807) is 16.7 Å². The lowest BCUT2D eigenvalue weighted by Crippen LogP contribution is -2.31. The molecule has 2 atom stereocenters. The Hall–Kier alpha value is -1.43. The number of fused-ring (bicyclic) bond motifs is 1. The van der Waals surface area contributed by atoms with Crippen LogP contribution in [0.1, 0.15) is 12.1 Å². The van der Waals surface area contributed by atoms with Crippen molar-refractivity contribution in [1.82, 2.24) is 9.38 Å². The standard InChI is InChI=1S/C11H9BrFN3O/c12-8-2-1-3-9-15-7(5-16(8)9)11(10(14)17)4-6(11)13/h1-3,5-6H,4H2,(H2,14,17). The molecule has 4 nitrogen and oxygen atoms in total. The van der Waals surface area contributed by atoms with Crippen LogP contribution in [0.2, 0.25) is 0 Å². The highest BCUT2D eigenvalue weighted by atomic mass is 79.9. The van der Waals surface area contributed by atoms with Crippen LogP contribution in [0.15, 0.2) is 29.0 Å². The maximum atomic E-state index is 13.4. The Balaban J connectivity index is 2.20. The van der Waals surface area contributed by atoms with Crippen molar-refractivity contribution < 1.29 is 9.18 Å². The number of hydrogen-bond acceptors (Lipinski definition) is 2. The molecular formula is C11H9BrFN3O. The molecule has 0 aliphatic heterocycles. The maximum Gasteiger partial charge on any atom is 0.232 e. The summed E-state index contributed by atoms with van der Waals surface area (Å²) in [7, 11) is 0. The molecule has 1 aliphatic rings. The minimum absolute atomic E-state index is 0.129. The first-order valence-electron chi connectivity index (χ1n) is 5.14. The lowest BCUT2D eigenvalue weighted by atomic mass is 10.0. The van der Waals surface area contributed by atoms with E-state index < -0.39 is 17.5 Å². The number of aromatic nitrogens is 2. The largest absolute Gasteiger partial charge is 0.369 e.